The fourth-order valence-corrected chi connectivity index (χ4v) is 2.62. The zero-order chi connectivity index (χ0) is 13.4. The average molecular weight is 293 g/mol. The van der Waals surface area contributed by atoms with Gasteiger partial charge in [-0.1, -0.05) is 19.3 Å². The van der Waals surface area contributed by atoms with Crippen molar-refractivity contribution in [2.24, 2.45) is 11.7 Å². The third-order valence-electron chi connectivity index (χ3n) is 3.79. The van der Waals surface area contributed by atoms with Crippen molar-refractivity contribution in [2.45, 2.75) is 52.0 Å². The zero-order valence-corrected chi connectivity index (χ0v) is 13.1. The van der Waals surface area contributed by atoms with E-state index in [0.29, 0.717) is 19.8 Å². The van der Waals surface area contributed by atoms with Gasteiger partial charge in [0.1, 0.15) is 0 Å². The first-order chi connectivity index (χ1) is 8.70. The number of hydrogen-bond acceptors (Lipinski definition) is 3. The van der Waals surface area contributed by atoms with E-state index in [-0.39, 0.29) is 30.3 Å². The maximum absolute atomic E-state index is 12.5. The molecule has 0 heterocycles. The van der Waals surface area contributed by atoms with Gasteiger partial charge in [0.05, 0.1) is 12.5 Å². The molecule has 0 radical (unpaired) electrons. The topological polar surface area (TPSA) is 55.6 Å². The number of carbonyl (C=O) groups is 1. The van der Waals surface area contributed by atoms with Crippen molar-refractivity contribution in [1.29, 1.82) is 0 Å². The zero-order valence-electron chi connectivity index (χ0n) is 12.3. The predicted octanol–water partition coefficient (Wildman–Crippen LogP) is 2.20. The van der Waals surface area contributed by atoms with E-state index in [0.717, 1.165) is 32.2 Å². The van der Waals surface area contributed by atoms with E-state index < -0.39 is 0 Å². The summed E-state index contributed by atoms with van der Waals surface area (Å²) in [6, 6.07) is 0.0427. The van der Waals surface area contributed by atoms with E-state index in [2.05, 4.69) is 0 Å². The van der Waals surface area contributed by atoms with Gasteiger partial charge in [-0.25, -0.2) is 0 Å². The molecule has 1 saturated carbocycles. The molecule has 1 rings (SSSR count). The van der Waals surface area contributed by atoms with Crippen molar-refractivity contribution in [3.05, 3.63) is 0 Å². The van der Waals surface area contributed by atoms with E-state index in [4.69, 9.17) is 10.5 Å². The lowest BCUT2D eigenvalue weighted by Crippen LogP contribution is -2.44. The van der Waals surface area contributed by atoms with Crippen LogP contribution >= 0.6 is 12.4 Å². The molecule has 1 fully saturated rings. The lowest BCUT2D eigenvalue weighted by molar-refractivity contribution is -0.137. The quantitative estimate of drug-likeness (QED) is 0.603. The van der Waals surface area contributed by atoms with Gasteiger partial charge in [0.15, 0.2) is 0 Å². The molecule has 2 unspecified atom stereocenters. The molecule has 4 nitrogen and oxygen atoms in total. The Kier molecular flexibility index (Phi) is 10.3. The molecule has 0 aromatic rings. The van der Waals surface area contributed by atoms with Crippen LogP contribution in [0.25, 0.3) is 0 Å². The van der Waals surface area contributed by atoms with Crippen LogP contribution in [0.5, 0.6) is 0 Å². The highest BCUT2D eigenvalue weighted by Crippen LogP contribution is 2.24. The summed E-state index contributed by atoms with van der Waals surface area (Å²) in [5.41, 5.74) is 6.15. The van der Waals surface area contributed by atoms with Gasteiger partial charge in [-0.3, -0.25) is 4.79 Å². The van der Waals surface area contributed by atoms with Gasteiger partial charge in [-0.05, 0) is 26.7 Å². The number of amides is 1. The SMILES string of the molecule is CCOCCN(CC)C(=O)C1CCCCCC1N.Cl. The van der Waals surface area contributed by atoms with Crippen molar-refractivity contribution in [3.63, 3.8) is 0 Å². The largest absolute Gasteiger partial charge is 0.380 e. The van der Waals surface area contributed by atoms with E-state index in [1.165, 1.54) is 6.42 Å². The Bertz CT molecular complexity index is 252. The van der Waals surface area contributed by atoms with Gasteiger partial charge in [0.25, 0.3) is 0 Å². The Labute approximate surface area is 123 Å². The summed E-state index contributed by atoms with van der Waals surface area (Å²) in [6.07, 6.45) is 5.44. The molecule has 19 heavy (non-hydrogen) atoms. The minimum atomic E-state index is 0. The van der Waals surface area contributed by atoms with Crippen LogP contribution in [0.4, 0.5) is 0 Å². The molecule has 2 atom stereocenters. The van der Waals surface area contributed by atoms with Gasteiger partial charge < -0.3 is 15.4 Å². The summed E-state index contributed by atoms with van der Waals surface area (Å²) < 4.78 is 5.33. The van der Waals surface area contributed by atoms with Gasteiger partial charge in [-0.15, -0.1) is 12.4 Å². The molecule has 0 aromatic heterocycles. The Balaban J connectivity index is 0.00000324. The lowest BCUT2D eigenvalue weighted by atomic mass is 9.94. The van der Waals surface area contributed by atoms with Crippen LogP contribution in [-0.4, -0.2) is 43.2 Å². The molecule has 1 aliphatic carbocycles. The van der Waals surface area contributed by atoms with Crippen molar-refractivity contribution in [1.82, 2.24) is 4.90 Å². The van der Waals surface area contributed by atoms with E-state index in [9.17, 15) is 4.79 Å². The average Bonchev–Trinajstić information content (AvgIpc) is 2.59. The Morgan fingerprint density at radius 1 is 1.26 bits per heavy atom. The van der Waals surface area contributed by atoms with Gasteiger partial charge in [-0.2, -0.15) is 0 Å². The molecular weight excluding hydrogens is 264 g/mol. The molecule has 114 valence electrons. The molecule has 1 aliphatic rings. The third kappa shape index (κ3) is 6.11. The van der Waals surface area contributed by atoms with Crippen molar-refractivity contribution < 1.29 is 9.53 Å². The molecule has 2 N–H and O–H groups in total. The normalized spacial score (nSPS) is 23.3. The number of ether oxygens (including phenoxy) is 1. The molecule has 0 bridgehead atoms. The van der Waals surface area contributed by atoms with E-state index in [1.807, 2.05) is 18.7 Å². The van der Waals surface area contributed by atoms with Crippen LogP contribution in [0, 0.1) is 5.92 Å². The minimum absolute atomic E-state index is 0. The number of nitrogens with zero attached hydrogens (tertiary/aromatic N) is 1. The summed E-state index contributed by atoms with van der Waals surface area (Å²) in [6.45, 7) is 6.75. The standard InChI is InChI=1S/C14H28N2O2.ClH/c1-3-16(10-11-18-4-2)14(17)12-8-6-5-7-9-13(12)15;/h12-13H,3-11,15H2,1-2H3;1H. The van der Waals surface area contributed by atoms with Gasteiger partial charge in [0, 0.05) is 25.7 Å². The molecular formula is C14H29ClN2O2. The Morgan fingerprint density at radius 3 is 2.58 bits per heavy atom. The first-order valence-corrected chi connectivity index (χ1v) is 7.32. The molecule has 0 saturated heterocycles. The van der Waals surface area contributed by atoms with E-state index >= 15 is 0 Å². The number of rotatable bonds is 6. The number of carbonyl (C=O) groups excluding carboxylic acids is 1. The minimum Gasteiger partial charge on any atom is -0.380 e. The highest BCUT2D eigenvalue weighted by molar-refractivity contribution is 5.85. The summed E-state index contributed by atoms with van der Waals surface area (Å²) in [7, 11) is 0. The van der Waals surface area contributed by atoms with Crippen LogP contribution in [0.3, 0.4) is 0 Å². The number of likely N-dealkylation sites (N-methyl/N-ethyl adjacent to an activating group) is 1. The summed E-state index contributed by atoms with van der Waals surface area (Å²) >= 11 is 0. The maximum atomic E-state index is 12.5. The number of hydrogen-bond donors (Lipinski definition) is 1. The lowest BCUT2D eigenvalue weighted by Gasteiger charge is -2.28. The van der Waals surface area contributed by atoms with E-state index in [1.54, 1.807) is 0 Å². The smallest absolute Gasteiger partial charge is 0.227 e. The fraction of sp³-hybridized carbons (Fsp3) is 0.929. The van der Waals surface area contributed by atoms with Crippen LogP contribution < -0.4 is 5.73 Å². The van der Waals surface area contributed by atoms with Crippen molar-refractivity contribution >= 4 is 18.3 Å². The monoisotopic (exact) mass is 292 g/mol. The van der Waals surface area contributed by atoms with Crippen molar-refractivity contribution in [2.75, 3.05) is 26.3 Å². The first-order valence-electron chi connectivity index (χ1n) is 7.32. The summed E-state index contributed by atoms with van der Waals surface area (Å²) in [4.78, 5) is 14.4. The van der Waals surface area contributed by atoms with Crippen LogP contribution in [-0.2, 0) is 9.53 Å². The summed E-state index contributed by atoms with van der Waals surface area (Å²) in [5, 5.41) is 0. The van der Waals surface area contributed by atoms with Crippen molar-refractivity contribution in [3.8, 4) is 0 Å². The van der Waals surface area contributed by atoms with Crippen LogP contribution in [0.2, 0.25) is 0 Å². The van der Waals surface area contributed by atoms with Crippen LogP contribution in [0.15, 0.2) is 0 Å². The fourth-order valence-electron chi connectivity index (χ4n) is 2.62. The van der Waals surface area contributed by atoms with Gasteiger partial charge in [0.2, 0.25) is 5.91 Å². The Hall–Kier alpha value is -0.320. The highest BCUT2D eigenvalue weighted by atomic mass is 35.5. The second-order valence-corrected chi connectivity index (χ2v) is 5.02. The van der Waals surface area contributed by atoms with Crippen LogP contribution in [0.1, 0.15) is 46.0 Å². The number of halogens is 1. The maximum Gasteiger partial charge on any atom is 0.227 e. The van der Waals surface area contributed by atoms with Gasteiger partial charge >= 0.3 is 0 Å². The molecule has 5 heteroatoms. The predicted molar refractivity (Wildman–Crippen MR) is 80.5 cm³/mol. The second-order valence-electron chi connectivity index (χ2n) is 5.02. The molecule has 0 aliphatic heterocycles. The Morgan fingerprint density at radius 2 is 1.95 bits per heavy atom. The summed E-state index contributed by atoms with van der Waals surface area (Å²) in [5.74, 6) is 0.251. The number of nitrogens with two attached hydrogens (primary N) is 1. The third-order valence-corrected chi connectivity index (χ3v) is 3.79. The first kappa shape index (κ1) is 18.7. The highest BCUT2D eigenvalue weighted by Gasteiger charge is 2.29. The molecule has 0 spiro atoms. The molecule has 1 amide bonds. The molecule has 0 aromatic carbocycles. The second kappa shape index (κ2) is 10.5.